The molecule has 19 heteroatoms. The molecule has 1 aromatic carbocycles. The molecular weight excluding hydrogens is 645 g/mol. The number of pyridine rings is 1. The molecule has 4 aromatic rings. The molecule has 3 aromatic heterocycles. The van der Waals surface area contributed by atoms with E-state index in [1.54, 1.807) is 17.9 Å². The zero-order valence-corrected chi connectivity index (χ0v) is 25.1. The van der Waals surface area contributed by atoms with Crippen molar-refractivity contribution >= 4 is 33.4 Å². The highest BCUT2D eigenvalue weighted by molar-refractivity contribution is 7.91. The number of aromatic nitrogens is 7. The second-order valence-electron chi connectivity index (χ2n) is 9.91. The Hall–Kier alpha value is -4.29. The van der Waals surface area contributed by atoms with Crippen molar-refractivity contribution in [2.75, 3.05) is 36.1 Å². The number of halogens is 4. The number of esters is 1. The first kappa shape index (κ1) is 32.1. The van der Waals surface area contributed by atoms with Gasteiger partial charge in [0.25, 0.3) is 0 Å². The van der Waals surface area contributed by atoms with E-state index < -0.39 is 46.9 Å². The van der Waals surface area contributed by atoms with Crippen molar-refractivity contribution in [3.05, 3.63) is 69.6 Å². The molecule has 1 N–H and O–H groups in total. The van der Waals surface area contributed by atoms with Gasteiger partial charge in [0.15, 0.2) is 33.3 Å². The van der Waals surface area contributed by atoms with Gasteiger partial charge in [-0.05, 0) is 43.3 Å². The number of sulfone groups is 1. The molecule has 0 unspecified atom stereocenters. The Bertz CT molecular complexity index is 1860. The molecule has 45 heavy (non-hydrogen) atoms. The maximum absolute atomic E-state index is 13.4. The summed E-state index contributed by atoms with van der Waals surface area (Å²) in [5.41, 5.74) is -0.674. The highest BCUT2D eigenvalue weighted by atomic mass is 35.5. The van der Waals surface area contributed by atoms with Gasteiger partial charge in [-0.3, -0.25) is 4.57 Å². The minimum Gasteiger partial charge on any atom is -0.461 e. The summed E-state index contributed by atoms with van der Waals surface area (Å²) < 4.78 is 71.9. The fourth-order valence-electron chi connectivity index (χ4n) is 4.55. The van der Waals surface area contributed by atoms with Crippen LogP contribution in [0.15, 0.2) is 47.4 Å². The predicted octanol–water partition coefficient (Wildman–Crippen LogP) is 1.72. The Morgan fingerprint density at radius 2 is 1.82 bits per heavy atom. The summed E-state index contributed by atoms with van der Waals surface area (Å²) in [6, 6.07) is 8.92. The van der Waals surface area contributed by atoms with Gasteiger partial charge in [0, 0.05) is 29.9 Å². The monoisotopic (exact) mass is 670 g/mol. The number of aliphatic hydroxyl groups is 1. The summed E-state index contributed by atoms with van der Waals surface area (Å²) in [4.78, 5) is 36.4. The van der Waals surface area contributed by atoms with Gasteiger partial charge in [-0.1, -0.05) is 11.6 Å². The van der Waals surface area contributed by atoms with E-state index in [2.05, 4.69) is 20.2 Å². The van der Waals surface area contributed by atoms with Gasteiger partial charge in [0.1, 0.15) is 12.2 Å². The Morgan fingerprint density at radius 1 is 1.13 bits per heavy atom. The Balaban J connectivity index is 1.59. The molecule has 5 rings (SSSR count). The molecule has 0 aliphatic carbocycles. The molecule has 4 heterocycles. The highest BCUT2D eigenvalue weighted by Gasteiger charge is 2.39. The van der Waals surface area contributed by atoms with Crippen molar-refractivity contribution in [2.24, 2.45) is 0 Å². The zero-order chi connectivity index (χ0) is 32.5. The molecular formula is C26H26ClF3N8O6S. The van der Waals surface area contributed by atoms with Gasteiger partial charge in [0.2, 0.25) is 5.95 Å². The van der Waals surface area contributed by atoms with Crippen molar-refractivity contribution in [3.63, 3.8) is 0 Å². The van der Waals surface area contributed by atoms with Crippen LogP contribution in [0.3, 0.4) is 0 Å². The van der Waals surface area contributed by atoms with Gasteiger partial charge in [-0.2, -0.15) is 22.8 Å². The van der Waals surface area contributed by atoms with Crippen LogP contribution in [-0.4, -0.2) is 97.1 Å². The summed E-state index contributed by atoms with van der Waals surface area (Å²) in [6.07, 6.45) is -6.48. The lowest BCUT2D eigenvalue weighted by Gasteiger charge is -2.27. The topological polar surface area (TPSA) is 167 Å². The van der Waals surface area contributed by atoms with E-state index in [1.807, 2.05) is 0 Å². The predicted molar refractivity (Wildman–Crippen MR) is 154 cm³/mol. The Morgan fingerprint density at radius 3 is 2.47 bits per heavy atom. The average molecular weight is 671 g/mol. The van der Waals surface area contributed by atoms with Crippen molar-refractivity contribution in [1.29, 1.82) is 0 Å². The second-order valence-corrected chi connectivity index (χ2v) is 12.6. The number of nitrogens with zero attached hydrogens (tertiary/aromatic N) is 8. The first-order valence-electron chi connectivity index (χ1n) is 13.5. The molecule has 0 saturated carbocycles. The van der Waals surface area contributed by atoms with Gasteiger partial charge in [-0.15, -0.1) is 10.2 Å². The second kappa shape index (κ2) is 12.6. The maximum atomic E-state index is 13.4. The lowest BCUT2D eigenvalue weighted by Crippen LogP contribution is -2.41. The third-order valence-corrected chi connectivity index (χ3v) is 8.66. The molecule has 1 aliphatic heterocycles. The van der Waals surface area contributed by atoms with Crippen LogP contribution in [0.25, 0.3) is 17.1 Å². The molecule has 0 amide bonds. The lowest BCUT2D eigenvalue weighted by atomic mass is 10.2. The summed E-state index contributed by atoms with van der Waals surface area (Å²) in [5.74, 6) is -1.15. The van der Waals surface area contributed by atoms with E-state index in [0.717, 1.165) is 4.68 Å². The lowest BCUT2D eigenvalue weighted by molar-refractivity contribution is -0.207. The third kappa shape index (κ3) is 7.02. The van der Waals surface area contributed by atoms with Crippen LogP contribution in [-0.2, 0) is 27.7 Å². The van der Waals surface area contributed by atoms with Crippen molar-refractivity contribution in [1.82, 2.24) is 34.1 Å². The Labute approximate surface area is 258 Å². The average Bonchev–Trinajstić information content (AvgIpc) is 3.54. The number of aliphatic hydroxyl groups excluding tert-OH is 1. The van der Waals surface area contributed by atoms with Crippen LogP contribution in [0.5, 0.6) is 0 Å². The van der Waals surface area contributed by atoms with E-state index in [-0.39, 0.29) is 65.7 Å². The quantitative estimate of drug-likeness (QED) is 0.258. The SMILES string of the molecule is CCOC(=O)c1ncccc1-n1nc(Cn2nc(-c3ccc(Cl)cc3)n(C[C@@H](O)C(F)(F)F)c2=O)nc1N1CCS(=O)(=O)CC1. The van der Waals surface area contributed by atoms with Gasteiger partial charge >= 0.3 is 17.8 Å². The summed E-state index contributed by atoms with van der Waals surface area (Å²) >= 11 is 5.95. The number of alkyl halides is 3. The largest absolute Gasteiger partial charge is 0.461 e. The van der Waals surface area contributed by atoms with E-state index >= 15 is 0 Å². The number of rotatable bonds is 9. The number of hydrogen-bond acceptors (Lipinski definition) is 11. The zero-order valence-electron chi connectivity index (χ0n) is 23.6. The summed E-state index contributed by atoms with van der Waals surface area (Å²) in [5, 5.41) is 18.8. The standard InChI is InChI=1S/C26H26ClF3N8O6S/c1-2-44-23(40)21-18(4-3-9-31-21)38-24(35-10-12-45(42,43)13-11-35)32-20(33-38)15-37-25(41)36(14-19(39)26(28,29)30)22(34-37)16-5-7-17(27)8-6-16/h3-9,19,39H,2,10-15H2,1H3/t19-/m1/s1. The first-order valence-corrected chi connectivity index (χ1v) is 15.7. The number of carbonyl (C=O) groups excluding carboxylic acids is 1. The normalized spacial score (nSPS) is 15.6. The number of carbonyl (C=O) groups is 1. The van der Waals surface area contributed by atoms with E-state index in [1.165, 1.54) is 41.2 Å². The van der Waals surface area contributed by atoms with Crippen LogP contribution in [0.1, 0.15) is 23.2 Å². The summed E-state index contributed by atoms with van der Waals surface area (Å²) in [7, 11) is -3.28. The van der Waals surface area contributed by atoms with Gasteiger partial charge in [-0.25, -0.2) is 27.7 Å². The fourth-order valence-corrected chi connectivity index (χ4v) is 5.87. The van der Waals surface area contributed by atoms with Crippen LogP contribution in [0, 0.1) is 0 Å². The molecule has 14 nitrogen and oxygen atoms in total. The molecule has 1 saturated heterocycles. The van der Waals surface area contributed by atoms with Gasteiger partial charge in [0.05, 0.1) is 24.7 Å². The minimum absolute atomic E-state index is 0.0390. The number of hydrogen-bond donors (Lipinski definition) is 1. The molecule has 0 bridgehead atoms. The van der Waals surface area contributed by atoms with Crippen molar-refractivity contribution in [2.45, 2.75) is 32.3 Å². The van der Waals surface area contributed by atoms with Crippen LogP contribution in [0.2, 0.25) is 5.02 Å². The van der Waals surface area contributed by atoms with Crippen LogP contribution >= 0.6 is 11.6 Å². The third-order valence-electron chi connectivity index (χ3n) is 6.79. The van der Waals surface area contributed by atoms with E-state index in [0.29, 0.717) is 9.59 Å². The van der Waals surface area contributed by atoms with E-state index in [9.17, 15) is 36.3 Å². The van der Waals surface area contributed by atoms with Crippen LogP contribution < -0.4 is 10.6 Å². The molecule has 1 aliphatic rings. The number of benzene rings is 1. The Kier molecular flexibility index (Phi) is 8.99. The minimum atomic E-state index is -5.00. The number of anilines is 1. The molecule has 0 radical (unpaired) electrons. The van der Waals surface area contributed by atoms with Crippen LogP contribution in [0.4, 0.5) is 19.1 Å². The maximum Gasteiger partial charge on any atom is 0.416 e. The molecule has 240 valence electrons. The van der Waals surface area contributed by atoms with Crippen molar-refractivity contribution < 1.29 is 36.2 Å². The molecule has 0 spiro atoms. The smallest absolute Gasteiger partial charge is 0.416 e. The highest BCUT2D eigenvalue weighted by Crippen LogP contribution is 2.25. The first-order chi connectivity index (χ1) is 21.3. The molecule has 1 fully saturated rings. The van der Waals surface area contributed by atoms with E-state index in [4.69, 9.17) is 16.3 Å². The summed E-state index contributed by atoms with van der Waals surface area (Å²) in [6.45, 7) is 0.236. The van der Waals surface area contributed by atoms with Crippen molar-refractivity contribution in [3.8, 4) is 17.1 Å². The molecule has 1 atom stereocenters. The number of ether oxygens (including phenoxy) is 1. The van der Waals surface area contributed by atoms with Gasteiger partial charge < -0.3 is 14.7 Å². The fraction of sp³-hybridized carbons (Fsp3) is 0.385.